The molecule has 2 aromatic rings. The fraction of sp³-hybridized carbons (Fsp3) is 0.200. The summed E-state index contributed by atoms with van der Waals surface area (Å²) >= 11 is 0. The van der Waals surface area contributed by atoms with Crippen molar-refractivity contribution < 1.29 is 19.0 Å². The van der Waals surface area contributed by atoms with Crippen molar-refractivity contribution in [3.05, 3.63) is 47.3 Å². The second-order valence-electron chi connectivity index (χ2n) is 4.90. The van der Waals surface area contributed by atoms with Gasteiger partial charge in [-0.05, 0) is 17.7 Å². The number of benzene rings is 2. The molecule has 0 saturated heterocycles. The van der Waals surface area contributed by atoms with Crippen LogP contribution in [0.25, 0.3) is 0 Å². The average molecular weight is 273 g/mol. The van der Waals surface area contributed by atoms with Crippen LogP contribution in [0.2, 0.25) is 0 Å². The fourth-order valence-electron chi connectivity index (χ4n) is 2.84. The minimum absolute atomic E-state index is 0.102. The molecular formula is C15H12FNO3. The van der Waals surface area contributed by atoms with Gasteiger partial charge >= 0.3 is 0 Å². The largest absolute Gasteiger partial charge is 0.508 e. The number of phenolic OH excluding ortho intramolecular Hbond substituents is 1. The van der Waals surface area contributed by atoms with Crippen LogP contribution in [0.3, 0.4) is 0 Å². The van der Waals surface area contributed by atoms with Gasteiger partial charge in [-0.1, -0.05) is 12.1 Å². The lowest BCUT2D eigenvalue weighted by Crippen LogP contribution is -2.04. The first-order valence-electron chi connectivity index (χ1n) is 6.39. The van der Waals surface area contributed by atoms with Crippen molar-refractivity contribution >= 4 is 5.69 Å². The van der Waals surface area contributed by atoms with Crippen molar-refractivity contribution in [1.82, 2.24) is 0 Å². The van der Waals surface area contributed by atoms with E-state index in [1.54, 1.807) is 18.2 Å². The van der Waals surface area contributed by atoms with Gasteiger partial charge in [0.15, 0.2) is 11.5 Å². The van der Waals surface area contributed by atoms with E-state index in [1.807, 2.05) is 6.07 Å². The van der Waals surface area contributed by atoms with Crippen molar-refractivity contribution in [2.75, 3.05) is 18.7 Å². The lowest BCUT2D eigenvalue weighted by atomic mass is 9.92. The summed E-state index contributed by atoms with van der Waals surface area (Å²) in [5, 5.41) is 13.2. The van der Waals surface area contributed by atoms with Crippen molar-refractivity contribution in [1.29, 1.82) is 0 Å². The van der Waals surface area contributed by atoms with Gasteiger partial charge in [0.25, 0.3) is 0 Å². The van der Waals surface area contributed by atoms with Crippen molar-refractivity contribution in [2.45, 2.75) is 5.92 Å². The quantitative estimate of drug-likeness (QED) is 0.839. The maximum Gasteiger partial charge on any atom is 0.231 e. The molecule has 0 amide bonds. The Balaban J connectivity index is 1.83. The van der Waals surface area contributed by atoms with Gasteiger partial charge in [-0.25, -0.2) is 4.39 Å². The van der Waals surface area contributed by atoms with E-state index >= 15 is 0 Å². The minimum Gasteiger partial charge on any atom is -0.508 e. The highest BCUT2D eigenvalue weighted by Gasteiger charge is 2.29. The Hall–Kier alpha value is -2.43. The van der Waals surface area contributed by atoms with Gasteiger partial charge in [-0.2, -0.15) is 0 Å². The molecule has 2 heterocycles. The third-order valence-electron chi connectivity index (χ3n) is 3.80. The van der Waals surface area contributed by atoms with E-state index in [-0.39, 0.29) is 24.3 Å². The third kappa shape index (κ3) is 1.52. The van der Waals surface area contributed by atoms with E-state index in [2.05, 4.69) is 5.32 Å². The van der Waals surface area contributed by atoms with Gasteiger partial charge in [0.2, 0.25) is 6.79 Å². The maximum absolute atomic E-state index is 13.7. The molecular weight excluding hydrogens is 261 g/mol. The highest BCUT2D eigenvalue weighted by molar-refractivity contribution is 5.64. The number of fused-ring (bicyclic) bond motifs is 2. The Labute approximate surface area is 114 Å². The first-order chi connectivity index (χ1) is 9.74. The van der Waals surface area contributed by atoms with Crippen LogP contribution < -0.4 is 14.8 Å². The summed E-state index contributed by atoms with van der Waals surface area (Å²) < 4.78 is 24.3. The zero-order valence-corrected chi connectivity index (χ0v) is 10.5. The van der Waals surface area contributed by atoms with E-state index in [0.717, 1.165) is 5.56 Å². The summed E-state index contributed by atoms with van der Waals surface area (Å²) in [5.41, 5.74) is 2.07. The highest BCUT2D eigenvalue weighted by Crippen LogP contribution is 2.45. The van der Waals surface area contributed by atoms with Crippen LogP contribution in [0.1, 0.15) is 17.0 Å². The Morgan fingerprint density at radius 2 is 1.95 bits per heavy atom. The van der Waals surface area contributed by atoms with Crippen LogP contribution in [-0.2, 0) is 0 Å². The second-order valence-corrected chi connectivity index (χ2v) is 4.90. The topological polar surface area (TPSA) is 50.7 Å². The van der Waals surface area contributed by atoms with Gasteiger partial charge in [0.1, 0.15) is 11.6 Å². The molecule has 2 aliphatic heterocycles. The van der Waals surface area contributed by atoms with Crippen LogP contribution in [0.4, 0.5) is 10.1 Å². The molecule has 4 rings (SSSR count). The molecule has 5 heteroatoms. The molecule has 1 atom stereocenters. The number of hydrogen-bond donors (Lipinski definition) is 2. The number of anilines is 1. The molecule has 1 unspecified atom stereocenters. The first kappa shape index (κ1) is 11.4. The molecule has 102 valence electrons. The summed E-state index contributed by atoms with van der Waals surface area (Å²) in [5.74, 6) is 0.915. The fourth-order valence-corrected chi connectivity index (χ4v) is 2.84. The van der Waals surface area contributed by atoms with Crippen LogP contribution >= 0.6 is 0 Å². The number of nitrogens with one attached hydrogen (secondary N) is 1. The standard InChI is InChI=1S/C15H12FNO3/c16-11-3-1-2-8-10(6-17-15(8)11)9-4-13-14(5-12(9)18)20-7-19-13/h1-5,10,17-18H,6-7H2. The lowest BCUT2D eigenvalue weighted by molar-refractivity contribution is 0.174. The molecule has 0 radical (unpaired) electrons. The van der Waals surface area contributed by atoms with E-state index in [9.17, 15) is 9.50 Å². The summed E-state index contributed by atoms with van der Waals surface area (Å²) in [4.78, 5) is 0. The van der Waals surface area contributed by atoms with Crippen molar-refractivity contribution in [3.63, 3.8) is 0 Å². The lowest BCUT2D eigenvalue weighted by Gasteiger charge is -2.13. The summed E-state index contributed by atoms with van der Waals surface area (Å²) in [6.07, 6.45) is 0. The predicted octanol–water partition coefficient (Wildman–Crippen LogP) is 2.82. The van der Waals surface area contributed by atoms with Gasteiger partial charge in [0.05, 0.1) is 5.69 Å². The SMILES string of the molecule is Oc1cc2c(cc1C1CNc3c(F)cccc31)OCO2. The monoisotopic (exact) mass is 273 g/mol. The Bertz CT molecular complexity index is 702. The van der Waals surface area contributed by atoms with Crippen LogP contribution in [0.5, 0.6) is 17.2 Å². The van der Waals surface area contributed by atoms with E-state index in [4.69, 9.17) is 9.47 Å². The summed E-state index contributed by atoms with van der Waals surface area (Å²) in [7, 11) is 0. The van der Waals surface area contributed by atoms with Crippen LogP contribution in [-0.4, -0.2) is 18.4 Å². The molecule has 0 saturated carbocycles. The minimum atomic E-state index is -0.273. The Morgan fingerprint density at radius 1 is 1.15 bits per heavy atom. The highest BCUT2D eigenvalue weighted by atomic mass is 19.1. The molecule has 0 fully saturated rings. The summed E-state index contributed by atoms with van der Waals surface area (Å²) in [6, 6.07) is 8.29. The van der Waals surface area contributed by atoms with E-state index in [1.165, 1.54) is 6.07 Å². The van der Waals surface area contributed by atoms with Crippen molar-refractivity contribution in [2.24, 2.45) is 0 Å². The van der Waals surface area contributed by atoms with Gasteiger partial charge in [-0.3, -0.25) is 0 Å². The molecule has 0 spiro atoms. The molecule has 4 nitrogen and oxygen atoms in total. The number of hydrogen-bond acceptors (Lipinski definition) is 4. The Kier molecular flexibility index (Phi) is 2.30. The van der Waals surface area contributed by atoms with Gasteiger partial charge in [-0.15, -0.1) is 0 Å². The van der Waals surface area contributed by atoms with Crippen LogP contribution in [0, 0.1) is 5.82 Å². The zero-order valence-electron chi connectivity index (χ0n) is 10.5. The molecule has 20 heavy (non-hydrogen) atoms. The number of aromatic hydroxyl groups is 1. The predicted molar refractivity (Wildman–Crippen MR) is 71.0 cm³/mol. The first-order valence-corrected chi connectivity index (χ1v) is 6.39. The number of ether oxygens (including phenoxy) is 2. The maximum atomic E-state index is 13.7. The molecule has 0 aromatic heterocycles. The third-order valence-corrected chi connectivity index (χ3v) is 3.80. The normalized spacial score (nSPS) is 18.8. The zero-order chi connectivity index (χ0) is 13.7. The molecule has 0 aliphatic carbocycles. The molecule has 2 aliphatic rings. The molecule has 2 aromatic carbocycles. The van der Waals surface area contributed by atoms with E-state index < -0.39 is 0 Å². The number of halogens is 1. The van der Waals surface area contributed by atoms with Crippen molar-refractivity contribution in [3.8, 4) is 17.2 Å². The number of para-hydroxylation sites is 1. The number of rotatable bonds is 1. The average Bonchev–Trinajstić information content (AvgIpc) is 3.04. The smallest absolute Gasteiger partial charge is 0.231 e. The Morgan fingerprint density at radius 3 is 2.80 bits per heavy atom. The molecule has 2 N–H and O–H groups in total. The summed E-state index contributed by atoms with van der Waals surface area (Å²) in [6.45, 7) is 0.704. The number of phenols is 1. The van der Waals surface area contributed by atoms with E-state index in [0.29, 0.717) is 29.3 Å². The van der Waals surface area contributed by atoms with Gasteiger partial charge in [0, 0.05) is 24.1 Å². The second kappa shape index (κ2) is 4.03. The molecule has 0 bridgehead atoms. The van der Waals surface area contributed by atoms with Gasteiger partial charge < -0.3 is 19.9 Å². The van der Waals surface area contributed by atoms with Crippen LogP contribution in [0.15, 0.2) is 30.3 Å².